The van der Waals surface area contributed by atoms with Crippen LogP contribution < -0.4 is 0 Å². The summed E-state index contributed by atoms with van der Waals surface area (Å²) >= 11 is 0. The number of benzene rings is 2. The van der Waals surface area contributed by atoms with Crippen molar-refractivity contribution in [1.82, 2.24) is 9.80 Å². The van der Waals surface area contributed by atoms with Crippen LogP contribution in [0.4, 0.5) is 13.2 Å². The molecule has 8 heteroatoms. The zero-order valence-corrected chi connectivity index (χ0v) is 17.8. The highest BCUT2D eigenvalue weighted by molar-refractivity contribution is 5.98. The van der Waals surface area contributed by atoms with Crippen molar-refractivity contribution in [2.45, 2.75) is 32.4 Å². The van der Waals surface area contributed by atoms with Crippen LogP contribution in [0.5, 0.6) is 0 Å². The molecule has 3 rings (SSSR count). The normalized spacial score (nSPS) is 14.8. The standard InChI is InChI=1S/C24H25F3N2O3/c1-17-3-5-18(6-4-17)21(30)11-12-22(31)28-13-2-14-29(16-15-28)23(32)19-7-9-20(10-8-19)24(25,26)27/h3-10H,2,11-16H2,1H3. The van der Waals surface area contributed by atoms with Crippen molar-refractivity contribution in [2.24, 2.45) is 0 Å². The third-order valence-electron chi connectivity index (χ3n) is 5.53. The topological polar surface area (TPSA) is 57.7 Å². The van der Waals surface area contributed by atoms with Crippen molar-refractivity contribution in [2.75, 3.05) is 26.2 Å². The second-order valence-corrected chi connectivity index (χ2v) is 7.89. The van der Waals surface area contributed by atoms with E-state index < -0.39 is 11.7 Å². The van der Waals surface area contributed by atoms with E-state index in [0.29, 0.717) is 31.6 Å². The zero-order chi connectivity index (χ0) is 23.3. The summed E-state index contributed by atoms with van der Waals surface area (Å²) in [7, 11) is 0. The summed E-state index contributed by atoms with van der Waals surface area (Å²) in [6.07, 6.45) is -3.68. The number of hydrogen-bond donors (Lipinski definition) is 0. The van der Waals surface area contributed by atoms with Crippen molar-refractivity contribution in [1.29, 1.82) is 0 Å². The number of ketones is 1. The van der Waals surface area contributed by atoms with E-state index in [-0.39, 0.29) is 42.5 Å². The molecule has 1 aliphatic heterocycles. The fourth-order valence-corrected chi connectivity index (χ4v) is 3.62. The van der Waals surface area contributed by atoms with E-state index in [4.69, 9.17) is 0 Å². The summed E-state index contributed by atoms with van der Waals surface area (Å²) in [6, 6.07) is 11.3. The van der Waals surface area contributed by atoms with Gasteiger partial charge in [-0.2, -0.15) is 13.2 Å². The number of carbonyl (C=O) groups is 3. The largest absolute Gasteiger partial charge is 0.416 e. The van der Waals surface area contributed by atoms with Crippen LogP contribution in [0, 0.1) is 6.92 Å². The molecule has 2 aromatic rings. The van der Waals surface area contributed by atoms with Gasteiger partial charge < -0.3 is 9.80 Å². The number of amides is 2. The molecule has 5 nitrogen and oxygen atoms in total. The van der Waals surface area contributed by atoms with Crippen LogP contribution in [0.25, 0.3) is 0 Å². The molecule has 0 atom stereocenters. The summed E-state index contributed by atoms with van der Waals surface area (Å²) in [6.45, 7) is 3.42. The van der Waals surface area contributed by atoms with Crippen molar-refractivity contribution in [3.05, 3.63) is 70.8 Å². The summed E-state index contributed by atoms with van der Waals surface area (Å²) in [5.74, 6) is -0.593. The highest BCUT2D eigenvalue weighted by Crippen LogP contribution is 2.29. The first-order valence-corrected chi connectivity index (χ1v) is 10.5. The van der Waals surface area contributed by atoms with Crippen LogP contribution in [0.15, 0.2) is 48.5 Å². The molecule has 32 heavy (non-hydrogen) atoms. The van der Waals surface area contributed by atoms with E-state index in [1.165, 1.54) is 12.1 Å². The van der Waals surface area contributed by atoms with Gasteiger partial charge in [-0.15, -0.1) is 0 Å². The van der Waals surface area contributed by atoms with E-state index >= 15 is 0 Å². The molecule has 0 aliphatic carbocycles. The second-order valence-electron chi connectivity index (χ2n) is 7.89. The van der Waals surface area contributed by atoms with Gasteiger partial charge in [-0.3, -0.25) is 14.4 Å². The van der Waals surface area contributed by atoms with Crippen LogP contribution >= 0.6 is 0 Å². The number of carbonyl (C=O) groups excluding carboxylic acids is 3. The molecule has 1 aliphatic rings. The van der Waals surface area contributed by atoms with Crippen LogP contribution in [-0.4, -0.2) is 53.6 Å². The van der Waals surface area contributed by atoms with Gasteiger partial charge in [0.05, 0.1) is 5.56 Å². The Kier molecular flexibility index (Phi) is 7.33. The van der Waals surface area contributed by atoms with Crippen molar-refractivity contribution < 1.29 is 27.6 Å². The Hall–Kier alpha value is -3.16. The zero-order valence-electron chi connectivity index (χ0n) is 17.8. The molecule has 2 aromatic carbocycles. The Balaban J connectivity index is 1.52. The molecule has 1 fully saturated rings. The third kappa shape index (κ3) is 5.96. The minimum Gasteiger partial charge on any atom is -0.341 e. The lowest BCUT2D eigenvalue weighted by atomic mass is 10.0. The Bertz CT molecular complexity index is 969. The number of rotatable bonds is 5. The molecule has 2 amide bonds. The lowest BCUT2D eigenvalue weighted by Gasteiger charge is -2.22. The Labute approximate surface area is 184 Å². The van der Waals surface area contributed by atoms with Gasteiger partial charge in [0.2, 0.25) is 5.91 Å². The van der Waals surface area contributed by atoms with E-state index in [9.17, 15) is 27.6 Å². The van der Waals surface area contributed by atoms with Gasteiger partial charge in [-0.25, -0.2) is 0 Å². The van der Waals surface area contributed by atoms with Crippen LogP contribution in [0.1, 0.15) is 51.1 Å². The van der Waals surface area contributed by atoms with Gasteiger partial charge in [0.1, 0.15) is 0 Å². The summed E-state index contributed by atoms with van der Waals surface area (Å²) in [5, 5.41) is 0. The van der Waals surface area contributed by atoms with Gasteiger partial charge >= 0.3 is 6.18 Å². The maximum atomic E-state index is 12.7. The Morgan fingerprint density at radius 2 is 1.34 bits per heavy atom. The lowest BCUT2D eigenvalue weighted by molar-refractivity contribution is -0.137. The molecule has 0 aromatic heterocycles. The highest BCUT2D eigenvalue weighted by atomic mass is 19.4. The maximum Gasteiger partial charge on any atom is 0.416 e. The number of nitrogens with zero attached hydrogens (tertiary/aromatic N) is 2. The van der Waals surface area contributed by atoms with E-state index in [0.717, 1.165) is 17.7 Å². The molecular formula is C24H25F3N2O3. The summed E-state index contributed by atoms with van der Waals surface area (Å²) < 4.78 is 38.2. The number of halogens is 3. The minimum absolute atomic E-state index is 0.0905. The molecule has 0 bridgehead atoms. The van der Waals surface area contributed by atoms with E-state index in [1.54, 1.807) is 21.9 Å². The average Bonchev–Trinajstić information content (AvgIpc) is 3.03. The van der Waals surface area contributed by atoms with Gasteiger partial charge in [0.15, 0.2) is 5.78 Å². The summed E-state index contributed by atoms with van der Waals surface area (Å²) in [4.78, 5) is 40.8. The smallest absolute Gasteiger partial charge is 0.341 e. The molecule has 0 radical (unpaired) electrons. The summed E-state index contributed by atoms with van der Waals surface area (Å²) in [5.41, 5.74) is 1.01. The van der Waals surface area contributed by atoms with Crippen LogP contribution in [-0.2, 0) is 11.0 Å². The first-order chi connectivity index (χ1) is 15.1. The first-order valence-electron chi connectivity index (χ1n) is 10.5. The first kappa shape index (κ1) is 23.5. The van der Waals surface area contributed by atoms with Gasteiger partial charge in [0, 0.05) is 50.1 Å². The maximum absolute atomic E-state index is 12.7. The number of hydrogen-bond acceptors (Lipinski definition) is 3. The van der Waals surface area contributed by atoms with Gasteiger partial charge in [-0.1, -0.05) is 29.8 Å². The predicted octanol–water partition coefficient (Wildman–Crippen LogP) is 4.35. The SMILES string of the molecule is Cc1ccc(C(=O)CCC(=O)N2CCCN(C(=O)c3ccc(C(F)(F)F)cc3)CC2)cc1. The number of Topliss-reactive ketones (excluding diaryl/α,β-unsaturated/α-hetero) is 1. The fourth-order valence-electron chi connectivity index (χ4n) is 3.62. The van der Waals surface area contributed by atoms with Crippen LogP contribution in [0.2, 0.25) is 0 Å². The molecule has 1 heterocycles. The molecule has 0 N–H and O–H groups in total. The average molecular weight is 446 g/mol. The van der Waals surface area contributed by atoms with Crippen molar-refractivity contribution in [3.8, 4) is 0 Å². The van der Waals surface area contributed by atoms with Crippen molar-refractivity contribution in [3.63, 3.8) is 0 Å². The highest BCUT2D eigenvalue weighted by Gasteiger charge is 2.30. The third-order valence-corrected chi connectivity index (χ3v) is 5.53. The van der Waals surface area contributed by atoms with Gasteiger partial charge in [-0.05, 0) is 37.6 Å². The number of aryl methyl sites for hydroxylation is 1. The monoisotopic (exact) mass is 446 g/mol. The second kappa shape index (κ2) is 9.97. The van der Waals surface area contributed by atoms with E-state index in [2.05, 4.69) is 0 Å². The van der Waals surface area contributed by atoms with Crippen molar-refractivity contribution >= 4 is 17.6 Å². The minimum atomic E-state index is -4.45. The molecule has 170 valence electrons. The quantitative estimate of drug-likeness (QED) is 0.642. The van der Waals surface area contributed by atoms with E-state index in [1.807, 2.05) is 19.1 Å². The lowest BCUT2D eigenvalue weighted by Crippen LogP contribution is -2.37. The number of alkyl halides is 3. The molecule has 0 saturated carbocycles. The molecular weight excluding hydrogens is 421 g/mol. The Morgan fingerprint density at radius 1 is 0.781 bits per heavy atom. The van der Waals surface area contributed by atoms with Gasteiger partial charge in [0.25, 0.3) is 5.91 Å². The predicted molar refractivity (Wildman–Crippen MR) is 113 cm³/mol. The molecule has 0 unspecified atom stereocenters. The molecule has 0 spiro atoms. The fraction of sp³-hybridized carbons (Fsp3) is 0.375. The molecule has 1 saturated heterocycles. The van der Waals surface area contributed by atoms with Crippen LogP contribution in [0.3, 0.4) is 0 Å². The Morgan fingerprint density at radius 3 is 1.97 bits per heavy atom.